The third-order valence-electron chi connectivity index (χ3n) is 2.91. The molecule has 76 valence electrons. The summed E-state index contributed by atoms with van der Waals surface area (Å²) in [6.45, 7) is 2.97. The zero-order valence-electron chi connectivity index (χ0n) is 8.57. The minimum atomic E-state index is 0.0405. The fourth-order valence-electron chi connectivity index (χ4n) is 2.05. The van der Waals surface area contributed by atoms with Crippen molar-refractivity contribution in [3.8, 4) is 0 Å². The first kappa shape index (κ1) is 9.69. The van der Waals surface area contributed by atoms with Gasteiger partial charge in [-0.2, -0.15) is 0 Å². The largest absolute Gasteiger partial charge is 0.376 e. The Morgan fingerprint density at radius 1 is 1.43 bits per heavy atom. The van der Waals surface area contributed by atoms with Gasteiger partial charge in [0.15, 0.2) is 0 Å². The molecular formula is C12H17NO. The summed E-state index contributed by atoms with van der Waals surface area (Å²) in [6.07, 6.45) is 2.45. The highest BCUT2D eigenvalue weighted by Gasteiger charge is 2.24. The molecule has 0 radical (unpaired) electrons. The van der Waals surface area contributed by atoms with Gasteiger partial charge in [0.25, 0.3) is 0 Å². The number of nitrogens with two attached hydrogens (primary N) is 1. The zero-order valence-corrected chi connectivity index (χ0v) is 8.57. The molecule has 0 amide bonds. The number of aryl methyl sites for hydroxylation is 1. The molecule has 1 saturated heterocycles. The van der Waals surface area contributed by atoms with Gasteiger partial charge >= 0.3 is 0 Å². The van der Waals surface area contributed by atoms with Gasteiger partial charge in [-0.15, -0.1) is 0 Å². The van der Waals surface area contributed by atoms with Crippen molar-refractivity contribution in [1.82, 2.24) is 0 Å². The highest BCUT2D eigenvalue weighted by atomic mass is 16.5. The van der Waals surface area contributed by atoms with E-state index in [0.29, 0.717) is 0 Å². The Balaban J connectivity index is 2.17. The molecule has 0 aliphatic carbocycles. The first-order chi connectivity index (χ1) is 6.79. The van der Waals surface area contributed by atoms with E-state index in [1.807, 2.05) is 12.1 Å². The summed E-state index contributed by atoms with van der Waals surface area (Å²) in [5.74, 6) is 0. The predicted molar refractivity (Wildman–Crippen MR) is 57.1 cm³/mol. The fourth-order valence-corrected chi connectivity index (χ4v) is 2.05. The van der Waals surface area contributed by atoms with E-state index in [1.165, 1.54) is 11.1 Å². The Hall–Kier alpha value is -0.860. The molecule has 2 nitrogen and oxygen atoms in total. The lowest BCUT2D eigenvalue weighted by atomic mass is 9.96. The van der Waals surface area contributed by atoms with Gasteiger partial charge in [0, 0.05) is 6.61 Å². The van der Waals surface area contributed by atoms with Gasteiger partial charge in [-0.05, 0) is 30.9 Å². The summed E-state index contributed by atoms with van der Waals surface area (Å²) in [4.78, 5) is 0. The van der Waals surface area contributed by atoms with E-state index in [2.05, 4.69) is 19.1 Å². The van der Waals surface area contributed by atoms with E-state index in [4.69, 9.17) is 10.5 Å². The van der Waals surface area contributed by atoms with Crippen LogP contribution >= 0.6 is 0 Å². The van der Waals surface area contributed by atoms with Crippen LogP contribution in [0.15, 0.2) is 24.3 Å². The second-order valence-corrected chi connectivity index (χ2v) is 3.93. The van der Waals surface area contributed by atoms with Crippen molar-refractivity contribution in [3.05, 3.63) is 35.4 Å². The average Bonchev–Trinajstić information content (AvgIpc) is 2.70. The van der Waals surface area contributed by atoms with Crippen LogP contribution in [0.3, 0.4) is 0 Å². The first-order valence-electron chi connectivity index (χ1n) is 5.22. The van der Waals surface area contributed by atoms with Crippen LogP contribution in [0, 0.1) is 6.92 Å². The second-order valence-electron chi connectivity index (χ2n) is 3.93. The Morgan fingerprint density at radius 2 is 2.21 bits per heavy atom. The highest BCUT2D eigenvalue weighted by molar-refractivity contribution is 5.29. The van der Waals surface area contributed by atoms with Crippen molar-refractivity contribution >= 4 is 0 Å². The summed E-state index contributed by atoms with van der Waals surface area (Å²) >= 11 is 0. The van der Waals surface area contributed by atoms with E-state index >= 15 is 0 Å². The van der Waals surface area contributed by atoms with Crippen LogP contribution in [0.1, 0.15) is 30.0 Å². The lowest BCUT2D eigenvalue weighted by molar-refractivity contribution is 0.0899. The van der Waals surface area contributed by atoms with Crippen molar-refractivity contribution in [2.24, 2.45) is 5.73 Å². The quantitative estimate of drug-likeness (QED) is 0.777. The van der Waals surface area contributed by atoms with Gasteiger partial charge in [-0.25, -0.2) is 0 Å². The Labute approximate surface area is 85.1 Å². The minimum Gasteiger partial charge on any atom is -0.376 e. The molecule has 1 aromatic rings. The van der Waals surface area contributed by atoms with Crippen LogP contribution in [-0.2, 0) is 4.74 Å². The standard InChI is InChI=1S/C12H17NO/c1-9-5-2-3-6-10(9)12(13)11-7-4-8-14-11/h2-3,5-6,11-12H,4,7-8,13H2,1H3. The third kappa shape index (κ3) is 1.81. The average molecular weight is 191 g/mol. The molecule has 0 aromatic heterocycles. The summed E-state index contributed by atoms with van der Waals surface area (Å²) < 4.78 is 5.60. The number of hydrogen-bond donors (Lipinski definition) is 1. The lowest BCUT2D eigenvalue weighted by Gasteiger charge is -2.20. The summed E-state index contributed by atoms with van der Waals surface area (Å²) in [6, 6.07) is 8.32. The van der Waals surface area contributed by atoms with Crippen LogP contribution in [-0.4, -0.2) is 12.7 Å². The second kappa shape index (κ2) is 4.11. The fraction of sp³-hybridized carbons (Fsp3) is 0.500. The summed E-state index contributed by atoms with van der Waals surface area (Å²) in [5, 5.41) is 0. The van der Waals surface area contributed by atoms with E-state index in [-0.39, 0.29) is 12.1 Å². The third-order valence-corrected chi connectivity index (χ3v) is 2.91. The molecule has 0 bridgehead atoms. The number of rotatable bonds is 2. The molecule has 2 N–H and O–H groups in total. The summed E-state index contributed by atoms with van der Waals surface area (Å²) in [7, 11) is 0. The Bertz CT molecular complexity index is 305. The van der Waals surface area contributed by atoms with Crippen molar-refractivity contribution in [2.75, 3.05) is 6.61 Å². The van der Waals surface area contributed by atoms with Crippen LogP contribution in [0.25, 0.3) is 0 Å². The molecule has 1 fully saturated rings. The van der Waals surface area contributed by atoms with Gasteiger partial charge in [0.2, 0.25) is 0 Å². The number of hydrogen-bond acceptors (Lipinski definition) is 2. The molecule has 1 aliphatic heterocycles. The molecule has 1 aliphatic rings. The van der Waals surface area contributed by atoms with Crippen LogP contribution < -0.4 is 5.73 Å². The van der Waals surface area contributed by atoms with Gasteiger partial charge in [0.1, 0.15) is 0 Å². The van der Waals surface area contributed by atoms with Gasteiger partial charge in [-0.3, -0.25) is 0 Å². The maximum Gasteiger partial charge on any atom is 0.0768 e. The Kier molecular flexibility index (Phi) is 2.85. The van der Waals surface area contributed by atoms with Gasteiger partial charge < -0.3 is 10.5 Å². The molecule has 1 heterocycles. The lowest BCUT2D eigenvalue weighted by Crippen LogP contribution is -2.26. The topological polar surface area (TPSA) is 35.2 Å². The van der Waals surface area contributed by atoms with Gasteiger partial charge in [0.05, 0.1) is 12.1 Å². The van der Waals surface area contributed by atoms with Crippen molar-refractivity contribution in [3.63, 3.8) is 0 Å². The monoisotopic (exact) mass is 191 g/mol. The van der Waals surface area contributed by atoms with E-state index in [9.17, 15) is 0 Å². The molecule has 0 spiro atoms. The van der Waals surface area contributed by atoms with Crippen molar-refractivity contribution < 1.29 is 4.74 Å². The minimum absolute atomic E-state index is 0.0405. The molecule has 2 unspecified atom stereocenters. The van der Waals surface area contributed by atoms with Crippen molar-refractivity contribution in [2.45, 2.75) is 31.9 Å². The molecule has 14 heavy (non-hydrogen) atoms. The smallest absolute Gasteiger partial charge is 0.0768 e. The normalized spacial score (nSPS) is 23.7. The van der Waals surface area contributed by atoms with Crippen molar-refractivity contribution in [1.29, 1.82) is 0 Å². The number of benzene rings is 1. The molecule has 2 heteroatoms. The van der Waals surface area contributed by atoms with E-state index in [0.717, 1.165) is 19.4 Å². The Morgan fingerprint density at radius 3 is 2.86 bits per heavy atom. The molecule has 2 atom stereocenters. The molecule has 0 saturated carbocycles. The predicted octanol–water partition coefficient (Wildman–Crippen LogP) is 2.17. The van der Waals surface area contributed by atoms with Crippen LogP contribution in [0.2, 0.25) is 0 Å². The highest BCUT2D eigenvalue weighted by Crippen LogP contribution is 2.26. The SMILES string of the molecule is Cc1ccccc1C(N)C1CCCO1. The molecule has 2 rings (SSSR count). The van der Waals surface area contributed by atoms with Gasteiger partial charge in [-0.1, -0.05) is 24.3 Å². The van der Waals surface area contributed by atoms with E-state index in [1.54, 1.807) is 0 Å². The maximum atomic E-state index is 6.18. The molecular weight excluding hydrogens is 174 g/mol. The zero-order chi connectivity index (χ0) is 9.97. The maximum absolute atomic E-state index is 6.18. The first-order valence-corrected chi connectivity index (χ1v) is 5.22. The summed E-state index contributed by atoms with van der Waals surface area (Å²) in [5.41, 5.74) is 8.66. The van der Waals surface area contributed by atoms with Crippen LogP contribution in [0.4, 0.5) is 0 Å². The van der Waals surface area contributed by atoms with E-state index < -0.39 is 0 Å². The van der Waals surface area contributed by atoms with Crippen LogP contribution in [0.5, 0.6) is 0 Å². The molecule has 1 aromatic carbocycles. The number of ether oxygens (including phenoxy) is 1.